The van der Waals surface area contributed by atoms with Gasteiger partial charge in [0.15, 0.2) is 52.4 Å². The molecule has 9 heteroatoms. The van der Waals surface area contributed by atoms with Crippen molar-refractivity contribution >= 4 is 86.2 Å². The fourth-order valence-corrected chi connectivity index (χ4v) is 20.6. The second-order valence-corrected chi connectivity index (χ2v) is 36.4. The smallest absolute Gasteiger partial charge is 0.164 e. The van der Waals surface area contributed by atoms with Crippen molar-refractivity contribution in [2.75, 3.05) is 0 Å². The molecule has 0 aliphatic carbocycles. The highest BCUT2D eigenvalue weighted by molar-refractivity contribution is 6.25. The molecule has 682 valence electrons. The van der Waals surface area contributed by atoms with E-state index in [2.05, 4.69) is 382 Å². The quantitative estimate of drug-likeness (QED) is 0.0872. The lowest BCUT2D eigenvalue weighted by Crippen LogP contribution is -2.00. The molecule has 0 bridgehead atoms. The normalized spacial score (nSPS) is 11.3. The zero-order valence-corrected chi connectivity index (χ0v) is 79.4. The van der Waals surface area contributed by atoms with Gasteiger partial charge in [0.05, 0.1) is 0 Å². The second-order valence-electron chi connectivity index (χ2n) is 36.4. The third-order valence-electron chi connectivity index (χ3n) is 27.5. The molecule has 27 aromatic rings. The predicted octanol–water partition coefficient (Wildman–Crippen LogP) is 35.5. The molecule has 0 spiro atoms. The molecule has 3 aromatic heterocycles. The minimum atomic E-state index is 0.635. The highest BCUT2D eigenvalue weighted by Crippen LogP contribution is 2.50. The Labute approximate surface area is 845 Å². The van der Waals surface area contributed by atoms with Crippen molar-refractivity contribution in [3.05, 3.63) is 540 Å². The van der Waals surface area contributed by atoms with Gasteiger partial charge in [0, 0.05) is 50.1 Å². The van der Waals surface area contributed by atoms with E-state index in [1.807, 2.05) is 158 Å². The van der Waals surface area contributed by atoms with E-state index >= 15 is 0 Å². The van der Waals surface area contributed by atoms with Crippen molar-refractivity contribution in [3.63, 3.8) is 0 Å². The van der Waals surface area contributed by atoms with Gasteiger partial charge in [-0.05, 0) is 194 Å². The number of rotatable bonds is 16. The van der Waals surface area contributed by atoms with Crippen LogP contribution in [0.25, 0.3) is 267 Å². The lowest BCUT2D eigenvalue weighted by Gasteiger charge is -2.19. The van der Waals surface area contributed by atoms with Crippen LogP contribution < -0.4 is 0 Å². The SMILES string of the molecule is c1ccc(-c2ccc(-c3nc(-c4ccccc4)nc(-c4ccc5c(-c6ccccc6)c6ccccc6c(-c6ccccc6)c5c4)n3)cc2)cc1.c1ccc(-c2nc(-c3ccccc3)nc(-c3ccc4c(-c5ccc6ccccc6c5)c5ccccc5c(-c5ccc6ccccc6c5)c4c3)n2)cc1.c1ccc(-c2nc(-c3ccccc3)nc(-c3ccc4c(-c5ccccc5)c5ccccc5c(-c5ccccc5)c4c3)n2)cc1. The van der Waals surface area contributed by atoms with Gasteiger partial charge in [-0.2, -0.15) is 0 Å². The number of nitrogens with zero attached hydrogens (tertiary/aromatic N) is 9. The summed E-state index contributed by atoms with van der Waals surface area (Å²) >= 11 is 0. The lowest BCUT2D eigenvalue weighted by atomic mass is 9.84. The molecule has 0 unspecified atom stereocenters. The standard InChI is InChI=1S/C49H31N3.C47H31N3.C41H27N3/c1-3-15-34(16-4-1)47-50-48(35-17-5-2-6-18-35)52-49(51-47)40-27-28-43-44(31-40)46(39-26-24-33-14-8-10-20-37(33)30-39)42-22-12-11-21-41(42)45(43)38-25-23-32-13-7-9-19-36(32)29-38;1-5-15-32(16-6-1)33-25-27-37(28-26-33)46-48-45(36-21-11-4-12-22-36)49-47(50-46)38-29-30-41-42(31-38)44(35-19-9-3-10-20-35)40-24-14-13-23-39(40)43(41)34-17-7-2-8-18-34;1-5-15-28(16-6-1)37-33-23-13-14-24-34(33)38(29-17-7-2-8-18-29)36-27-32(25-26-35(36)37)41-43-39(30-19-9-3-10-20-30)42-40(44-41)31-21-11-4-12-22-31/h1-31H;1-31H;1-27H. The Morgan fingerprint density at radius 3 is 0.486 bits per heavy atom. The minimum Gasteiger partial charge on any atom is -0.208 e. The third kappa shape index (κ3) is 17.3. The number of hydrogen-bond donors (Lipinski definition) is 0. The van der Waals surface area contributed by atoms with E-state index < -0.39 is 0 Å². The summed E-state index contributed by atoms with van der Waals surface area (Å²) in [6.45, 7) is 0. The van der Waals surface area contributed by atoms with Crippen molar-refractivity contribution in [3.8, 4) is 180 Å². The molecule has 0 atom stereocenters. The van der Waals surface area contributed by atoms with Gasteiger partial charge in [0.1, 0.15) is 0 Å². The number of fused-ring (bicyclic) bond motifs is 8. The van der Waals surface area contributed by atoms with E-state index in [1.54, 1.807) is 0 Å². The fourth-order valence-electron chi connectivity index (χ4n) is 20.6. The molecule has 0 amide bonds. The van der Waals surface area contributed by atoms with Crippen LogP contribution in [0.4, 0.5) is 0 Å². The Morgan fingerprint density at radius 1 is 0.0822 bits per heavy atom. The van der Waals surface area contributed by atoms with Crippen LogP contribution in [0.5, 0.6) is 0 Å². The van der Waals surface area contributed by atoms with Gasteiger partial charge in [-0.1, -0.05) is 510 Å². The lowest BCUT2D eigenvalue weighted by molar-refractivity contribution is 1.07. The molecule has 0 aliphatic rings. The Kier molecular flexibility index (Phi) is 23.6. The molecule has 0 saturated heterocycles. The molecule has 146 heavy (non-hydrogen) atoms. The minimum absolute atomic E-state index is 0.635. The summed E-state index contributed by atoms with van der Waals surface area (Å²) in [5.41, 5.74) is 25.2. The predicted molar refractivity (Wildman–Crippen MR) is 607 cm³/mol. The molecule has 0 N–H and O–H groups in total. The van der Waals surface area contributed by atoms with Gasteiger partial charge in [0.2, 0.25) is 0 Å². The first-order valence-electron chi connectivity index (χ1n) is 49.3. The summed E-state index contributed by atoms with van der Waals surface area (Å²) in [5.74, 6) is 5.81. The van der Waals surface area contributed by atoms with Crippen LogP contribution in [0.1, 0.15) is 0 Å². The van der Waals surface area contributed by atoms with Crippen molar-refractivity contribution < 1.29 is 0 Å². The van der Waals surface area contributed by atoms with E-state index in [4.69, 9.17) is 44.9 Å². The summed E-state index contributed by atoms with van der Waals surface area (Å²) in [4.78, 5) is 45.3. The molecular formula is C137H89N9. The van der Waals surface area contributed by atoms with E-state index in [0.29, 0.717) is 52.4 Å². The summed E-state index contributed by atoms with van der Waals surface area (Å²) in [6, 6.07) is 189. The Bertz CT molecular complexity index is 9430. The van der Waals surface area contributed by atoms with Gasteiger partial charge in [0.25, 0.3) is 0 Å². The number of hydrogen-bond acceptors (Lipinski definition) is 9. The summed E-state index contributed by atoms with van der Waals surface area (Å²) in [6.07, 6.45) is 0. The molecule has 9 nitrogen and oxygen atoms in total. The summed E-state index contributed by atoms with van der Waals surface area (Å²) in [7, 11) is 0. The van der Waals surface area contributed by atoms with Gasteiger partial charge in [-0.15, -0.1) is 0 Å². The van der Waals surface area contributed by atoms with Gasteiger partial charge in [-0.3, -0.25) is 0 Å². The maximum absolute atomic E-state index is 5.13. The average molecular weight is 1860 g/mol. The van der Waals surface area contributed by atoms with E-state index in [0.717, 1.165) is 71.8 Å². The maximum atomic E-state index is 5.13. The number of benzene rings is 24. The molecule has 0 radical (unpaired) electrons. The first-order valence-corrected chi connectivity index (χ1v) is 49.3. The van der Waals surface area contributed by atoms with Crippen molar-refractivity contribution in [2.24, 2.45) is 0 Å². The highest BCUT2D eigenvalue weighted by atomic mass is 15.1. The molecular weight excluding hydrogens is 1770 g/mol. The van der Waals surface area contributed by atoms with Crippen LogP contribution >= 0.6 is 0 Å². The second kappa shape index (κ2) is 39.2. The fraction of sp³-hybridized carbons (Fsp3) is 0. The summed E-state index contributed by atoms with van der Waals surface area (Å²) < 4.78 is 0. The Morgan fingerprint density at radius 2 is 0.233 bits per heavy atom. The zero-order valence-electron chi connectivity index (χ0n) is 79.4. The average Bonchev–Trinajstić information content (AvgIpc) is 0.733. The van der Waals surface area contributed by atoms with Gasteiger partial charge in [-0.25, -0.2) is 44.9 Å². The monoisotopic (exact) mass is 1860 g/mol. The molecule has 24 aromatic carbocycles. The first kappa shape index (κ1) is 87.9. The third-order valence-corrected chi connectivity index (χ3v) is 27.5. The van der Waals surface area contributed by atoms with Crippen molar-refractivity contribution in [1.29, 1.82) is 0 Å². The van der Waals surface area contributed by atoms with Gasteiger partial charge < -0.3 is 0 Å². The van der Waals surface area contributed by atoms with Crippen molar-refractivity contribution in [2.45, 2.75) is 0 Å². The Hall–Kier alpha value is -19.6. The van der Waals surface area contributed by atoms with Gasteiger partial charge >= 0.3 is 0 Å². The molecule has 0 saturated carbocycles. The largest absolute Gasteiger partial charge is 0.208 e. The van der Waals surface area contributed by atoms with Crippen LogP contribution in [-0.2, 0) is 0 Å². The van der Waals surface area contributed by atoms with E-state index in [1.165, 1.54) is 142 Å². The molecule has 0 fully saturated rings. The van der Waals surface area contributed by atoms with Crippen LogP contribution in [-0.4, -0.2) is 44.9 Å². The van der Waals surface area contributed by atoms with Crippen molar-refractivity contribution in [1.82, 2.24) is 44.9 Å². The van der Waals surface area contributed by atoms with Crippen LogP contribution in [0, 0.1) is 0 Å². The zero-order chi connectivity index (χ0) is 97.0. The van der Waals surface area contributed by atoms with Crippen LogP contribution in [0.15, 0.2) is 540 Å². The summed E-state index contributed by atoms with van der Waals surface area (Å²) in [5, 5.41) is 19.2. The molecule has 27 rings (SSSR count). The van der Waals surface area contributed by atoms with Crippen LogP contribution in [0.3, 0.4) is 0 Å². The number of aromatic nitrogens is 9. The maximum Gasteiger partial charge on any atom is 0.164 e. The topological polar surface area (TPSA) is 116 Å². The molecule has 0 aliphatic heterocycles. The van der Waals surface area contributed by atoms with E-state index in [9.17, 15) is 0 Å². The molecule has 3 heterocycles. The van der Waals surface area contributed by atoms with E-state index in [-0.39, 0.29) is 0 Å². The highest BCUT2D eigenvalue weighted by Gasteiger charge is 2.26. The Balaban J connectivity index is 0.000000115. The van der Waals surface area contributed by atoms with Crippen LogP contribution in [0.2, 0.25) is 0 Å². The first-order chi connectivity index (χ1) is 72.4.